The summed E-state index contributed by atoms with van der Waals surface area (Å²) in [6, 6.07) is 4.02. The van der Waals surface area contributed by atoms with Gasteiger partial charge in [-0.25, -0.2) is 4.79 Å². The number of carbonyl (C=O) groups is 1. The molecule has 2 heterocycles. The Morgan fingerprint density at radius 3 is 2.50 bits per heavy atom. The number of aromatic nitrogens is 1. The van der Waals surface area contributed by atoms with Gasteiger partial charge in [-0.15, -0.1) is 4.72 Å². The molecular weight excluding hydrogens is 374 g/mol. The van der Waals surface area contributed by atoms with Gasteiger partial charge >= 0.3 is 6.09 Å². The van der Waals surface area contributed by atoms with Crippen LogP contribution in [0, 0.1) is 5.41 Å². The van der Waals surface area contributed by atoms with E-state index in [0.717, 1.165) is 30.5 Å². The first-order valence-corrected chi connectivity index (χ1v) is 11.2. The molecule has 1 aromatic rings. The lowest BCUT2D eigenvalue weighted by atomic mass is 9.73. The van der Waals surface area contributed by atoms with E-state index in [-0.39, 0.29) is 22.3 Å². The largest absolute Gasteiger partial charge is 0.598 e. The van der Waals surface area contributed by atoms with Crippen LogP contribution in [0.25, 0.3) is 0 Å². The summed E-state index contributed by atoms with van der Waals surface area (Å²) in [5.74, 6) is 0. The van der Waals surface area contributed by atoms with Crippen LogP contribution in [0.3, 0.4) is 0 Å². The highest BCUT2D eigenvalue weighted by molar-refractivity contribution is 7.90. The van der Waals surface area contributed by atoms with Crippen LogP contribution in [0.2, 0.25) is 0 Å². The normalized spacial score (nSPS) is 22.8. The number of ether oxygens (including phenoxy) is 1. The summed E-state index contributed by atoms with van der Waals surface area (Å²) < 4.78 is 21.5. The fourth-order valence-electron chi connectivity index (χ4n) is 4.03. The second-order valence-corrected chi connectivity index (χ2v) is 12.0. The van der Waals surface area contributed by atoms with Crippen LogP contribution >= 0.6 is 0 Å². The quantitative estimate of drug-likeness (QED) is 0.756. The first-order valence-electron chi connectivity index (χ1n) is 10.0. The fourth-order valence-corrected chi connectivity index (χ4v) is 4.97. The third kappa shape index (κ3) is 4.47. The van der Waals surface area contributed by atoms with Gasteiger partial charge in [-0.3, -0.25) is 4.98 Å². The molecule has 0 bridgehead atoms. The maximum absolute atomic E-state index is 12.9. The standard InChI is InChI=1S/C21H33N3O3S/c1-19(2,3)27-18(25)24-12-9-21(10-13-24)14-16-15(8-7-11-22-16)17(21)23-28(26)20(4,5)6/h7-8,11,17,23H,9-10,12-14H2,1-6H3/t17-,28+/m1/s1. The number of hydrogen-bond acceptors (Lipinski definition) is 5. The lowest BCUT2D eigenvalue weighted by Gasteiger charge is -2.43. The number of hydrogen-bond donors (Lipinski definition) is 1. The summed E-state index contributed by atoms with van der Waals surface area (Å²) in [5, 5.41) is 0. The van der Waals surface area contributed by atoms with E-state index in [0.29, 0.717) is 13.1 Å². The minimum Gasteiger partial charge on any atom is -0.598 e. The Hall–Kier alpha value is -1.31. The van der Waals surface area contributed by atoms with Crippen molar-refractivity contribution in [2.45, 2.75) is 77.2 Å². The Bertz CT molecular complexity index is 718. The van der Waals surface area contributed by atoms with Crippen molar-refractivity contribution < 1.29 is 14.1 Å². The number of pyridine rings is 1. The minimum absolute atomic E-state index is 0.0166. The molecule has 7 heteroatoms. The molecule has 1 N–H and O–H groups in total. The molecule has 1 aliphatic carbocycles. The lowest BCUT2D eigenvalue weighted by Crippen LogP contribution is -2.51. The number of fused-ring (bicyclic) bond motifs is 1. The molecule has 2 aliphatic rings. The van der Waals surface area contributed by atoms with Crippen molar-refractivity contribution in [1.29, 1.82) is 0 Å². The van der Waals surface area contributed by atoms with Crippen molar-refractivity contribution in [2.24, 2.45) is 5.41 Å². The molecule has 0 aromatic carbocycles. The number of amides is 1. The molecule has 1 spiro atoms. The highest BCUT2D eigenvalue weighted by Gasteiger charge is 2.51. The van der Waals surface area contributed by atoms with Crippen LogP contribution in [0.1, 0.15) is 71.7 Å². The highest BCUT2D eigenvalue weighted by atomic mass is 32.2. The van der Waals surface area contributed by atoms with E-state index in [9.17, 15) is 9.35 Å². The van der Waals surface area contributed by atoms with E-state index in [1.165, 1.54) is 0 Å². The molecule has 156 valence electrons. The zero-order chi connectivity index (χ0) is 20.7. The van der Waals surface area contributed by atoms with E-state index >= 15 is 0 Å². The topological polar surface area (TPSA) is 77.5 Å². The number of rotatable bonds is 2. The van der Waals surface area contributed by atoms with Crippen LogP contribution in [-0.2, 0) is 22.5 Å². The van der Waals surface area contributed by atoms with Crippen LogP contribution in [-0.4, -0.2) is 44.0 Å². The van der Waals surface area contributed by atoms with Crippen molar-refractivity contribution in [3.63, 3.8) is 0 Å². The maximum atomic E-state index is 12.9. The van der Waals surface area contributed by atoms with Crippen molar-refractivity contribution in [3.05, 3.63) is 29.6 Å². The summed E-state index contributed by atoms with van der Waals surface area (Å²) in [6.45, 7) is 12.9. The summed E-state index contributed by atoms with van der Waals surface area (Å²) in [6.07, 6.45) is 4.10. The highest BCUT2D eigenvalue weighted by Crippen LogP contribution is 2.52. The number of nitrogens with zero attached hydrogens (tertiary/aromatic N) is 2. The molecule has 0 unspecified atom stereocenters. The maximum Gasteiger partial charge on any atom is 0.410 e. The Labute approximate surface area is 171 Å². The van der Waals surface area contributed by atoms with E-state index in [1.807, 2.05) is 53.8 Å². The smallest absolute Gasteiger partial charge is 0.410 e. The van der Waals surface area contributed by atoms with Crippen LogP contribution in [0.5, 0.6) is 0 Å². The van der Waals surface area contributed by atoms with Crippen LogP contribution < -0.4 is 4.72 Å². The molecule has 0 saturated carbocycles. The molecule has 1 fully saturated rings. The molecule has 6 nitrogen and oxygen atoms in total. The molecule has 1 saturated heterocycles. The second-order valence-electron chi connectivity index (χ2n) is 9.98. The summed E-state index contributed by atoms with van der Waals surface area (Å²) >= 11 is -1.18. The zero-order valence-corrected chi connectivity index (χ0v) is 18.7. The fraction of sp³-hybridized carbons (Fsp3) is 0.714. The number of piperidine rings is 1. The van der Waals surface area contributed by atoms with E-state index < -0.39 is 17.0 Å². The third-order valence-electron chi connectivity index (χ3n) is 5.56. The molecule has 0 radical (unpaired) electrons. The number of nitrogens with one attached hydrogen (secondary N) is 1. The van der Waals surface area contributed by atoms with Crippen molar-refractivity contribution >= 4 is 17.5 Å². The van der Waals surface area contributed by atoms with Gasteiger partial charge in [-0.05, 0) is 72.4 Å². The first-order chi connectivity index (χ1) is 12.9. The van der Waals surface area contributed by atoms with E-state index in [2.05, 4.69) is 15.8 Å². The average Bonchev–Trinajstić information content (AvgIpc) is 2.86. The van der Waals surface area contributed by atoms with Crippen LogP contribution in [0.4, 0.5) is 4.79 Å². The molecule has 1 aromatic heterocycles. The Morgan fingerprint density at radius 2 is 1.93 bits per heavy atom. The predicted octanol–water partition coefficient (Wildman–Crippen LogP) is 3.75. The van der Waals surface area contributed by atoms with Gasteiger partial charge in [0.15, 0.2) is 0 Å². The van der Waals surface area contributed by atoms with Crippen molar-refractivity contribution in [3.8, 4) is 0 Å². The van der Waals surface area contributed by atoms with Gasteiger partial charge in [0, 0.05) is 41.8 Å². The first kappa shape index (κ1) is 21.4. The predicted molar refractivity (Wildman–Crippen MR) is 111 cm³/mol. The Balaban J connectivity index is 1.78. The number of carbonyl (C=O) groups excluding carboxylic acids is 1. The van der Waals surface area contributed by atoms with Crippen LogP contribution in [0.15, 0.2) is 18.3 Å². The van der Waals surface area contributed by atoms with Gasteiger partial charge in [-0.1, -0.05) is 6.07 Å². The van der Waals surface area contributed by atoms with Gasteiger partial charge < -0.3 is 14.2 Å². The molecule has 1 aliphatic heterocycles. The zero-order valence-electron chi connectivity index (χ0n) is 17.9. The van der Waals surface area contributed by atoms with Gasteiger partial charge in [0.2, 0.25) is 0 Å². The monoisotopic (exact) mass is 407 g/mol. The molecule has 28 heavy (non-hydrogen) atoms. The summed E-state index contributed by atoms with van der Waals surface area (Å²) in [4.78, 5) is 18.8. The van der Waals surface area contributed by atoms with Gasteiger partial charge in [0.1, 0.15) is 10.3 Å². The van der Waals surface area contributed by atoms with Gasteiger partial charge in [-0.2, -0.15) is 0 Å². The SMILES string of the molecule is CC(C)(C)OC(=O)N1CCC2(CC1)Cc1ncccc1[C@H]2N[S@@+]([O-])C(C)(C)C. The van der Waals surface area contributed by atoms with E-state index in [1.54, 1.807) is 4.90 Å². The van der Waals surface area contributed by atoms with Gasteiger partial charge in [0.25, 0.3) is 0 Å². The van der Waals surface area contributed by atoms with Crippen molar-refractivity contribution in [2.75, 3.05) is 13.1 Å². The molecule has 1 amide bonds. The minimum atomic E-state index is -1.18. The van der Waals surface area contributed by atoms with E-state index in [4.69, 9.17) is 4.74 Å². The second kappa shape index (κ2) is 7.50. The van der Waals surface area contributed by atoms with Crippen molar-refractivity contribution in [1.82, 2.24) is 14.6 Å². The molecular formula is C21H33N3O3S. The van der Waals surface area contributed by atoms with Gasteiger partial charge in [0.05, 0.1) is 6.04 Å². The average molecular weight is 408 g/mol. The third-order valence-corrected chi connectivity index (χ3v) is 7.12. The molecule has 2 atom stereocenters. The summed E-state index contributed by atoms with van der Waals surface area (Å²) in [5.41, 5.74) is 1.66. The lowest BCUT2D eigenvalue weighted by molar-refractivity contribution is 0.00711. The molecule has 3 rings (SSSR count). The summed E-state index contributed by atoms with van der Waals surface area (Å²) in [7, 11) is 0. The number of likely N-dealkylation sites (tertiary alicyclic amines) is 1. The Morgan fingerprint density at radius 1 is 1.29 bits per heavy atom. The Kier molecular flexibility index (Phi) is 5.73.